The number of primary amides is 1. The Morgan fingerprint density at radius 3 is 2.55 bits per heavy atom. The molecule has 2 atom stereocenters. The Morgan fingerprint density at radius 2 is 1.94 bits per heavy atom. The smallest absolute Gasteiger partial charge is 0.366 e. The van der Waals surface area contributed by atoms with E-state index in [1.807, 2.05) is 6.92 Å². The summed E-state index contributed by atoms with van der Waals surface area (Å²) in [5.41, 5.74) is 3.73. The molecule has 1 aliphatic heterocycles. The normalized spacial score (nSPS) is 20.9. The molecule has 33 heavy (non-hydrogen) atoms. The number of likely N-dealkylation sites (tertiary alicyclic amines) is 1. The first-order valence-corrected chi connectivity index (χ1v) is 10.5. The van der Waals surface area contributed by atoms with Crippen LogP contribution >= 0.6 is 11.6 Å². The van der Waals surface area contributed by atoms with Crippen LogP contribution in [0.3, 0.4) is 0 Å². The van der Waals surface area contributed by atoms with Crippen LogP contribution in [0.2, 0.25) is 5.02 Å². The van der Waals surface area contributed by atoms with Crippen molar-refractivity contribution in [1.82, 2.24) is 9.88 Å². The van der Waals surface area contributed by atoms with E-state index in [0.29, 0.717) is 18.4 Å². The maximum atomic E-state index is 13.2. The van der Waals surface area contributed by atoms with Crippen LogP contribution in [0.15, 0.2) is 36.7 Å². The van der Waals surface area contributed by atoms with Gasteiger partial charge in [0.05, 0.1) is 33.6 Å². The number of nitrogens with zero attached hydrogens (tertiary/aromatic N) is 2. The highest BCUT2D eigenvalue weighted by atomic mass is 35.5. The van der Waals surface area contributed by atoms with Gasteiger partial charge in [-0.3, -0.25) is 19.4 Å². The minimum atomic E-state index is -4.61. The second kappa shape index (κ2) is 9.01. The van der Waals surface area contributed by atoms with Crippen LogP contribution in [-0.2, 0) is 21.3 Å². The molecule has 1 fully saturated rings. The number of carbonyl (C=O) groups excluding carboxylic acids is 3. The second-order valence-electron chi connectivity index (χ2n) is 8.31. The van der Waals surface area contributed by atoms with Gasteiger partial charge in [-0.15, -0.1) is 0 Å². The number of hydrogen-bond donors (Lipinski definition) is 2. The molecule has 1 aromatic heterocycles. The summed E-state index contributed by atoms with van der Waals surface area (Å²) in [6.07, 6.45) is -1.01. The van der Waals surface area contributed by atoms with E-state index in [9.17, 15) is 27.6 Å². The molecule has 0 saturated carbocycles. The third-order valence-corrected chi connectivity index (χ3v) is 6.14. The Morgan fingerprint density at radius 1 is 1.24 bits per heavy atom. The summed E-state index contributed by atoms with van der Waals surface area (Å²) in [7, 11) is 0. The number of hydrogen-bond acceptors (Lipinski definition) is 4. The minimum absolute atomic E-state index is 0.0519. The fraction of sp³-hybridized carbons (Fsp3) is 0.364. The summed E-state index contributed by atoms with van der Waals surface area (Å²) >= 11 is 5.91. The van der Waals surface area contributed by atoms with Gasteiger partial charge in [0.2, 0.25) is 5.91 Å². The Kier molecular flexibility index (Phi) is 6.69. The lowest BCUT2D eigenvalue weighted by Gasteiger charge is -2.47. The molecule has 0 aliphatic carbocycles. The van der Waals surface area contributed by atoms with Gasteiger partial charge in [0, 0.05) is 12.7 Å². The summed E-state index contributed by atoms with van der Waals surface area (Å²) in [5.74, 6) is -2.53. The number of carbonyl (C=O) groups is 3. The van der Waals surface area contributed by atoms with Gasteiger partial charge in [-0.1, -0.05) is 24.6 Å². The van der Waals surface area contributed by atoms with E-state index in [1.54, 1.807) is 6.92 Å². The molecule has 11 heteroatoms. The van der Waals surface area contributed by atoms with Gasteiger partial charge in [-0.05, 0) is 49.4 Å². The molecule has 0 bridgehead atoms. The monoisotopic (exact) mass is 482 g/mol. The molecule has 1 saturated heterocycles. The van der Waals surface area contributed by atoms with E-state index in [-0.39, 0.29) is 23.7 Å². The van der Waals surface area contributed by atoms with E-state index < -0.39 is 40.0 Å². The van der Waals surface area contributed by atoms with Gasteiger partial charge in [0.15, 0.2) is 0 Å². The standard InChI is InChI=1S/C22H22ClF3N4O3/c1-12-5-6-21(2,14-3-4-16(17(23)8-14)22(24,25)26)30(11-12)20(33)19(32)29-15-7-13(18(27)31)9-28-10-15/h3-4,7-10,12H,5-6,11H2,1-2H3,(H2,27,31)(H,29,32)/t12-,21-/m0/s1. The molecule has 0 spiro atoms. The first-order valence-electron chi connectivity index (χ1n) is 10.1. The van der Waals surface area contributed by atoms with Gasteiger partial charge >= 0.3 is 18.0 Å². The van der Waals surface area contributed by atoms with Crippen molar-refractivity contribution in [2.45, 2.75) is 38.4 Å². The number of amides is 3. The zero-order valence-corrected chi connectivity index (χ0v) is 18.6. The molecule has 3 rings (SSSR count). The number of nitrogens with two attached hydrogens (primary N) is 1. The van der Waals surface area contributed by atoms with Crippen molar-refractivity contribution in [3.63, 3.8) is 0 Å². The summed E-state index contributed by atoms with van der Waals surface area (Å²) in [6.45, 7) is 3.83. The number of anilines is 1. The molecule has 1 aliphatic rings. The summed E-state index contributed by atoms with van der Waals surface area (Å²) in [4.78, 5) is 42.4. The van der Waals surface area contributed by atoms with Crippen LogP contribution in [0.4, 0.5) is 18.9 Å². The highest BCUT2D eigenvalue weighted by molar-refractivity contribution is 6.39. The highest BCUT2D eigenvalue weighted by Gasteiger charge is 2.44. The van der Waals surface area contributed by atoms with Crippen molar-refractivity contribution in [3.05, 3.63) is 58.4 Å². The van der Waals surface area contributed by atoms with Crippen molar-refractivity contribution < 1.29 is 27.6 Å². The zero-order chi connectivity index (χ0) is 24.6. The molecular weight excluding hydrogens is 461 g/mol. The van der Waals surface area contributed by atoms with Crippen molar-refractivity contribution in [3.8, 4) is 0 Å². The van der Waals surface area contributed by atoms with E-state index in [0.717, 1.165) is 6.07 Å². The van der Waals surface area contributed by atoms with E-state index in [4.69, 9.17) is 17.3 Å². The number of nitrogens with one attached hydrogen (secondary N) is 1. The molecule has 1 aromatic carbocycles. The largest absolute Gasteiger partial charge is 0.417 e. The predicted molar refractivity (Wildman–Crippen MR) is 115 cm³/mol. The molecule has 3 N–H and O–H groups in total. The number of pyridine rings is 1. The van der Waals surface area contributed by atoms with Crippen LogP contribution in [0, 0.1) is 5.92 Å². The Hall–Kier alpha value is -3.14. The maximum absolute atomic E-state index is 13.2. The lowest BCUT2D eigenvalue weighted by atomic mass is 9.78. The third-order valence-electron chi connectivity index (χ3n) is 5.83. The number of benzene rings is 1. The number of alkyl halides is 3. The molecule has 3 amide bonds. The van der Waals surface area contributed by atoms with Crippen molar-refractivity contribution in [1.29, 1.82) is 0 Å². The maximum Gasteiger partial charge on any atom is 0.417 e. The van der Waals surface area contributed by atoms with Crippen LogP contribution in [0.5, 0.6) is 0 Å². The van der Waals surface area contributed by atoms with Gasteiger partial charge in [0.25, 0.3) is 0 Å². The van der Waals surface area contributed by atoms with Crippen molar-refractivity contribution >= 4 is 35.0 Å². The van der Waals surface area contributed by atoms with Crippen molar-refractivity contribution in [2.24, 2.45) is 11.7 Å². The third kappa shape index (κ3) is 5.11. The SMILES string of the molecule is C[C@H]1CC[C@@](C)(c2ccc(C(F)(F)F)c(Cl)c2)N(C(=O)C(=O)Nc2cncc(C(N)=O)c2)C1. The average Bonchev–Trinajstić information content (AvgIpc) is 2.74. The van der Waals surface area contributed by atoms with Crippen LogP contribution in [0.25, 0.3) is 0 Å². The molecule has 2 aromatic rings. The van der Waals surface area contributed by atoms with E-state index in [2.05, 4.69) is 10.3 Å². The van der Waals surface area contributed by atoms with Gasteiger partial charge in [-0.25, -0.2) is 0 Å². The molecule has 0 radical (unpaired) electrons. The molecule has 2 heterocycles. The fourth-order valence-electron chi connectivity index (χ4n) is 3.90. The summed E-state index contributed by atoms with van der Waals surface area (Å²) in [6, 6.07) is 4.64. The highest BCUT2D eigenvalue weighted by Crippen LogP contribution is 2.42. The zero-order valence-electron chi connectivity index (χ0n) is 17.9. The summed E-state index contributed by atoms with van der Waals surface area (Å²) < 4.78 is 39.4. The Bertz CT molecular complexity index is 1110. The number of aromatic nitrogens is 1. The van der Waals surface area contributed by atoms with Gasteiger partial charge in [0.1, 0.15) is 0 Å². The molecule has 0 unspecified atom stereocenters. The Labute approximate surface area is 193 Å². The van der Waals surface area contributed by atoms with E-state index >= 15 is 0 Å². The Balaban J connectivity index is 1.91. The topological polar surface area (TPSA) is 105 Å². The quantitative estimate of drug-likeness (QED) is 0.646. The van der Waals surface area contributed by atoms with Gasteiger partial charge < -0.3 is 16.0 Å². The lowest BCUT2D eigenvalue weighted by Crippen LogP contribution is -2.55. The van der Waals surface area contributed by atoms with Crippen LogP contribution in [0.1, 0.15) is 48.2 Å². The van der Waals surface area contributed by atoms with Crippen LogP contribution < -0.4 is 11.1 Å². The minimum Gasteiger partial charge on any atom is -0.366 e. The lowest BCUT2D eigenvalue weighted by molar-refractivity contribution is -0.150. The second-order valence-corrected chi connectivity index (χ2v) is 8.71. The number of rotatable bonds is 3. The first-order chi connectivity index (χ1) is 15.3. The van der Waals surface area contributed by atoms with Gasteiger partial charge in [-0.2, -0.15) is 13.2 Å². The van der Waals surface area contributed by atoms with Crippen molar-refractivity contribution in [2.75, 3.05) is 11.9 Å². The summed E-state index contributed by atoms with van der Waals surface area (Å²) in [5, 5.41) is 1.92. The molecule has 176 valence electrons. The number of piperidine rings is 1. The average molecular weight is 483 g/mol. The van der Waals surface area contributed by atoms with Crippen LogP contribution in [-0.4, -0.2) is 34.2 Å². The molecule has 7 nitrogen and oxygen atoms in total. The fourth-order valence-corrected chi connectivity index (χ4v) is 4.19. The first kappa shape index (κ1) is 24.5. The molecular formula is C22H22ClF3N4O3. The predicted octanol–water partition coefficient (Wildman–Crippen LogP) is 3.97. The number of halogens is 4. The van der Waals surface area contributed by atoms with E-state index in [1.165, 1.54) is 35.5 Å².